The average molecular weight is 232 g/mol. The van der Waals surface area contributed by atoms with Crippen molar-refractivity contribution >= 4 is 22.9 Å². The number of thiazole rings is 1. The highest BCUT2D eigenvalue weighted by Gasteiger charge is 2.38. The lowest BCUT2D eigenvalue weighted by atomic mass is 10.0. The molecule has 2 rings (SSSR count). The molecule has 0 aliphatic heterocycles. The van der Waals surface area contributed by atoms with E-state index in [1.54, 1.807) is 18.4 Å². The van der Waals surface area contributed by atoms with Crippen molar-refractivity contribution in [2.45, 2.75) is 37.2 Å². The maximum atomic E-state index is 5.77. The first-order chi connectivity index (χ1) is 6.80. The van der Waals surface area contributed by atoms with Crippen LogP contribution >= 0.6 is 22.9 Å². The van der Waals surface area contributed by atoms with E-state index in [1.165, 1.54) is 12.8 Å². The first kappa shape index (κ1) is 10.4. The summed E-state index contributed by atoms with van der Waals surface area (Å²) in [4.78, 5) is 5.55. The number of rotatable bonds is 3. The smallest absolute Gasteiger partial charge is 0.125 e. The van der Waals surface area contributed by atoms with E-state index in [9.17, 15) is 0 Å². The van der Waals surface area contributed by atoms with Crippen molar-refractivity contribution in [2.75, 3.05) is 7.11 Å². The molecule has 0 unspecified atom stereocenters. The summed E-state index contributed by atoms with van der Waals surface area (Å²) in [7, 11) is 1.78. The predicted molar refractivity (Wildman–Crippen MR) is 58.8 cm³/mol. The Balaban J connectivity index is 2.26. The number of alkyl halides is 1. The minimum atomic E-state index is -0.102. The molecule has 1 heterocycles. The zero-order valence-electron chi connectivity index (χ0n) is 8.25. The zero-order valence-corrected chi connectivity index (χ0v) is 9.83. The Bertz CT molecular complexity index is 307. The third kappa shape index (κ3) is 1.69. The third-order valence-electron chi connectivity index (χ3n) is 2.88. The van der Waals surface area contributed by atoms with E-state index in [-0.39, 0.29) is 5.60 Å². The number of halogens is 1. The van der Waals surface area contributed by atoms with E-state index >= 15 is 0 Å². The quantitative estimate of drug-likeness (QED) is 0.745. The molecule has 1 aliphatic carbocycles. The van der Waals surface area contributed by atoms with Crippen LogP contribution in [0.5, 0.6) is 0 Å². The minimum Gasteiger partial charge on any atom is -0.371 e. The lowest BCUT2D eigenvalue weighted by Gasteiger charge is -2.24. The number of ether oxygens (including phenoxy) is 1. The molecule has 1 fully saturated rings. The molecule has 1 aromatic heterocycles. The fourth-order valence-electron chi connectivity index (χ4n) is 2.03. The van der Waals surface area contributed by atoms with E-state index in [0.29, 0.717) is 5.88 Å². The number of hydrogen-bond donors (Lipinski definition) is 0. The highest BCUT2D eigenvalue weighted by molar-refractivity contribution is 7.11. The Hall–Kier alpha value is -0.120. The first-order valence-corrected chi connectivity index (χ1v) is 6.22. The maximum Gasteiger partial charge on any atom is 0.125 e. The van der Waals surface area contributed by atoms with Crippen LogP contribution in [0.4, 0.5) is 0 Å². The molecular formula is C10H14ClNOS. The van der Waals surface area contributed by atoms with Gasteiger partial charge < -0.3 is 4.74 Å². The van der Waals surface area contributed by atoms with Gasteiger partial charge in [0.1, 0.15) is 10.6 Å². The zero-order chi connectivity index (χ0) is 10.0. The lowest BCUT2D eigenvalue weighted by Crippen LogP contribution is -2.23. The first-order valence-electron chi connectivity index (χ1n) is 4.87. The molecule has 0 atom stereocenters. The standard InChI is InChI=1S/C10H14ClNOS/c1-13-10(4-2-3-5-10)9-12-7-8(6-11)14-9/h7H,2-6H2,1H3. The molecule has 4 heteroatoms. The summed E-state index contributed by atoms with van der Waals surface area (Å²) in [5.41, 5.74) is -0.102. The monoisotopic (exact) mass is 231 g/mol. The SMILES string of the molecule is COC1(c2ncc(CCl)s2)CCCC1. The van der Waals surface area contributed by atoms with Gasteiger partial charge in [0.05, 0.1) is 5.88 Å². The lowest BCUT2D eigenvalue weighted by molar-refractivity contribution is -0.00885. The number of aromatic nitrogens is 1. The second kappa shape index (κ2) is 4.17. The van der Waals surface area contributed by atoms with Gasteiger partial charge in [-0.15, -0.1) is 22.9 Å². The fraction of sp³-hybridized carbons (Fsp3) is 0.700. The van der Waals surface area contributed by atoms with Crippen molar-refractivity contribution in [3.8, 4) is 0 Å². The topological polar surface area (TPSA) is 22.1 Å². The van der Waals surface area contributed by atoms with Crippen LogP contribution in [-0.2, 0) is 16.2 Å². The van der Waals surface area contributed by atoms with Crippen LogP contribution < -0.4 is 0 Å². The van der Waals surface area contributed by atoms with Crippen LogP contribution in [-0.4, -0.2) is 12.1 Å². The highest BCUT2D eigenvalue weighted by atomic mass is 35.5. The Morgan fingerprint density at radius 1 is 1.57 bits per heavy atom. The van der Waals surface area contributed by atoms with Gasteiger partial charge in [-0.25, -0.2) is 4.98 Å². The van der Waals surface area contributed by atoms with Gasteiger partial charge in [0.25, 0.3) is 0 Å². The van der Waals surface area contributed by atoms with E-state index in [4.69, 9.17) is 16.3 Å². The molecule has 78 valence electrons. The molecule has 0 spiro atoms. The van der Waals surface area contributed by atoms with Crippen molar-refractivity contribution in [2.24, 2.45) is 0 Å². The van der Waals surface area contributed by atoms with Gasteiger partial charge in [0.15, 0.2) is 0 Å². The van der Waals surface area contributed by atoms with E-state index in [2.05, 4.69) is 4.98 Å². The Morgan fingerprint density at radius 3 is 2.79 bits per heavy atom. The van der Waals surface area contributed by atoms with Gasteiger partial charge in [-0.1, -0.05) is 12.8 Å². The van der Waals surface area contributed by atoms with Crippen LogP contribution in [0.2, 0.25) is 0 Å². The third-order valence-corrected chi connectivity index (χ3v) is 4.51. The maximum absolute atomic E-state index is 5.77. The molecule has 0 bridgehead atoms. The van der Waals surface area contributed by atoms with E-state index in [1.807, 2.05) is 6.20 Å². The highest BCUT2D eigenvalue weighted by Crippen LogP contribution is 2.43. The van der Waals surface area contributed by atoms with Crippen LogP contribution in [0.1, 0.15) is 35.6 Å². The molecule has 14 heavy (non-hydrogen) atoms. The van der Waals surface area contributed by atoms with Gasteiger partial charge in [-0.3, -0.25) is 0 Å². The van der Waals surface area contributed by atoms with E-state index < -0.39 is 0 Å². The second-order valence-corrected chi connectivity index (χ2v) is 5.05. The van der Waals surface area contributed by atoms with Crippen LogP contribution in [0.15, 0.2) is 6.20 Å². The van der Waals surface area contributed by atoms with Crippen molar-refractivity contribution in [3.05, 3.63) is 16.1 Å². The van der Waals surface area contributed by atoms with Crippen molar-refractivity contribution in [1.29, 1.82) is 0 Å². The summed E-state index contributed by atoms with van der Waals surface area (Å²) in [6.45, 7) is 0. The van der Waals surface area contributed by atoms with E-state index in [0.717, 1.165) is 22.7 Å². The summed E-state index contributed by atoms with van der Waals surface area (Å²) in [5, 5.41) is 1.10. The largest absolute Gasteiger partial charge is 0.371 e. The molecule has 2 nitrogen and oxygen atoms in total. The normalized spacial score (nSPS) is 20.1. The molecule has 1 saturated carbocycles. The Kier molecular flexibility index (Phi) is 3.10. The number of nitrogens with zero attached hydrogens (tertiary/aromatic N) is 1. The summed E-state index contributed by atoms with van der Waals surface area (Å²) in [6.07, 6.45) is 6.54. The molecule has 0 N–H and O–H groups in total. The minimum absolute atomic E-state index is 0.102. The molecule has 1 aromatic rings. The van der Waals surface area contributed by atoms with Crippen molar-refractivity contribution in [3.63, 3.8) is 0 Å². The van der Waals surface area contributed by atoms with Gasteiger partial charge in [0, 0.05) is 18.2 Å². The van der Waals surface area contributed by atoms with Crippen LogP contribution in [0.25, 0.3) is 0 Å². The second-order valence-electron chi connectivity index (χ2n) is 3.67. The summed E-state index contributed by atoms with van der Waals surface area (Å²) < 4.78 is 5.65. The number of hydrogen-bond acceptors (Lipinski definition) is 3. The fourth-order valence-corrected chi connectivity index (χ4v) is 3.25. The molecular weight excluding hydrogens is 218 g/mol. The predicted octanol–water partition coefficient (Wildman–Crippen LogP) is 3.30. The summed E-state index contributed by atoms with van der Waals surface area (Å²) >= 11 is 7.45. The van der Waals surface area contributed by atoms with Crippen molar-refractivity contribution in [1.82, 2.24) is 4.98 Å². The Morgan fingerprint density at radius 2 is 2.29 bits per heavy atom. The molecule has 0 saturated heterocycles. The molecule has 0 aromatic carbocycles. The summed E-state index contributed by atoms with van der Waals surface area (Å²) in [6, 6.07) is 0. The van der Waals surface area contributed by atoms with Gasteiger partial charge in [-0.05, 0) is 12.8 Å². The van der Waals surface area contributed by atoms with Crippen LogP contribution in [0, 0.1) is 0 Å². The average Bonchev–Trinajstić information content (AvgIpc) is 2.87. The van der Waals surface area contributed by atoms with Gasteiger partial charge in [-0.2, -0.15) is 0 Å². The molecule has 1 aliphatic rings. The molecule has 0 radical (unpaired) electrons. The van der Waals surface area contributed by atoms with Crippen molar-refractivity contribution < 1.29 is 4.74 Å². The summed E-state index contributed by atoms with van der Waals surface area (Å²) in [5.74, 6) is 0.553. The number of methoxy groups -OCH3 is 1. The molecule has 0 amide bonds. The van der Waals surface area contributed by atoms with Crippen LogP contribution in [0.3, 0.4) is 0 Å². The van der Waals surface area contributed by atoms with Gasteiger partial charge >= 0.3 is 0 Å². The Labute approximate surface area is 93.3 Å². The van der Waals surface area contributed by atoms with Gasteiger partial charge in [0.2, 0.25) is 0 Å².